The quantitative estimate of drug-likeness (QED) is 0.341. The lowest BCUT2D eigenvalue weighted by Gasteiger charge is -2.10. The summed E-state index contributed by atoms with van der Waals surface area (Å²) < 4.78 is 21.0. The Morgan fingerprint density at radius 2 is 1.90 bits per heavy atom. The van der Waals surface area contributed by atoms with Gasteiger partial charge in [0.05, 0.1) is 18.9 Å². The van der Waals surface area contributed by atoms with E-state index in [2.05, 4.69) is 4.99 Å². The van der Waals surface area contributed by atoms with E-state index in [1.165, 1.54) is 19.4 Å². The van der Waals surface area contributed by atoms with Gasteiger partial charge in [-0.15, -0.1) is 0 Å². The molecule has 0 atom stereocenters. The second-order valence-corrected chi connectivity index (χ2v) is 6.56. The highest BCUT2D eigenvalue weighted by atomic mass is 35.5. The zero-order valence-corrected chi connectivity index (χ0v) is 16.4. The van der Waals surface area contributed by atoms with Gasteiger partial charge in [-0.2, -0.15) is 0 Å². The Kier molecular flexibility index (Phi) is 5.36. The average molecular weight is 424 g/mol. The van der Waals surface area contributed by atoms with Crippen LogP contribution in [-0.2, 0) is 9.53 Å². The lowest BCUT2D eigenvalue weighted by Crippen LogP contribution is -2.09. The summed E-state index contributed by atoms with van der Waals surface area (Å²) in [5, 5.41) is 0.518. The number of nitrogens with zero attached hydrogens (tertiary/aromatic N) is 1. The summed E-state index contributed by atoms with van der Waals surface area (Å²) in [5.41, 5.74) is 1.06. The minimum atomic E-state index is -0.599. The maximum atomic E-state index is 12.3. The van der Waals surface area contributed by atoms with Crippen molar-refractivity contribution in [2.75, 3.05) is 7.11 Å². The third-order valence-corrected chi connectivity index (χ3v) is 4.38. The number of furan rings is 1. The molecule has 0 amide bonds. The lowest BCUT2D eigenvalue weighted by molar-refractivity contribution is -0.130. The molecule has 0 radical (unpaired) electrons. The third-order valence-electron chi connectivity index (χ3n) is 4.13. The van der Waals surface area contributed by atoms with Gasteiger partial charge in [0.25, 0.3) is 5.90 Å². The van der Waals surface area contributed by atoms with Gasteiger partial charge in [0, 0.05) is 5.02 Å². The Bertz CT molecular complexity index is 1160. The molecule has 2 heterocycles. The minimum Gasteiger partial charge on any atom is -0.493 e. The van der Waals surface area contributed by atoms with Crippen molar-refractivity contribution in [3.05, 3.63) is 88.5 Å². The van der Waals surface area contributed by atoms with Crippen molar-refractivity contribution < 1.29 is 28.2 Å². The molecule has 30 heavy (non-hydrogen) atoms. The molecule has 0 fully saturated rings. The molecule has 2 aromatic carbocycles. The number of aliphatic imine (C=N–C) groups is 1. The number of carbonyl (C=O) groups excluding carboxylic acids is 2. The number of benzene rings is 2. The average Bonchev–Trinajstić information content (AvgIpc) is 3.40. The number of ether oxygens (including phenoxy) is 3. The zero-order chi connectivity index (χ0) is 21.1. The van der Waals surface area contributed by atoms with Gasteiger partial charge in [0.1, 0.15) is 0 Å². The Morgan fingerprint density at radius 1 is 1.10 bits per heavy atom. The van der Waals surface area contributed by atoms with E-state index in [-0.39, 0.29) is 17.3 Å². The maximum Gasteiger partial charge on any atom is 0.363 e. The van der Waals surface area contributed by atoms with Gasteiger partial charge in [-0.3, -0.25) is 0 Å². The Morgan fingerprint density at radius 3 is 2.60 bits per heavy atom. The molecule has 0 unspecified atom stereocenters. The summed E-state index contributed by atoms with van der Waals surface area (Å²) in [4.78, 5) is 28.6. The van der Waals surface area contributed by atoms with Crippen molar-refractivity contribution in [3.63, 3.8) is 0 Å². The zero-order valence-electron chi connectivity index (χ0n) is 15.6. The minimum absolute atomic E-state index is 0.0942. The summed E-state index contributed by atoms with van der Waals surface area (Å²) in [7, 11) is 1.45. The predicted molar refractivity (Wildman–Crippen MR) is 109 cm³/mol. The van der Waals surface area contributed by atoms with Gasteiger partial charge in [-0.25, -0.2) is 14.6 Å². The molecule has 1 aliphatic rings. The highest BCUT2D eigenvalue weighted by Gasteiger charge is 2.26. The molecular formula is C22H14ClNO6. The summed E-state index contributed by atoms with van der Waals surface area (Å²) in [5.74, 6) is -0.158. The molecule has 7 nitrogen and oxygen atoms in total. The second kappa shape index (κ2) is 8.26. The van der Waals surface area contributed by atoms with Crippen molar-refractivity contribution in [1.82, 2.24) is 0 Å². The van der Waals surface area contributed by atoms with E-state index in [1.807, 2.05) is 0 Å². The van der Waals surface area contributed by atoms with Crippen LogP contribution in [0, 0.1) is 0 Å². The fourth-order valence-electron chi connectivity index (χ4n) is 2.68. The second-order valence-electron chi connectivity index (χ2n) is 6.12. The number of hydrogen-bond donors (Lipinski definition) is 0. The van der Waals surface area contributed by atoms with E-state index in [0.29, 0.717) is 27.7 Å². The van der Waals surface area contributed by atoms with Crippen LogP contribution < -0.4 is 9.47 Å². The van der Waals surface area contributed by atoms with Crippen molar-refractivity contribution in [2.45, 2.75) is 0 Å². The van der Waals surface area contributed by atoms with E-state index in [0.717, 1.165) is 0 Å². The molecule has 3 aromatic rings. The first kappa shape index (κ1) is 19.5. The summed E-state index contributed by atoms with van der Waals surface area (Å²) in [6.07, 6.45) is 2.99. The molecule has 0 N–H and O–H groups in total. The van der Waals surface area contributed by atoms with Crippen LogP contribution in [0.1, 0.15) is 21.7 Å². The van der Waals surface area contributed by atoms with Crippen LogP contribution in [0.2, 0.25) is 5.02 Å². The van der Waals surface area contributed by atoms with Crippen LogP contribution in [0.3, 0.4) is 0 Å². The molecule has 150 valence electrons. The number of halogens is 1. The fraction of sp³-hybridized carbons (Fsp3) is 0.0455. The predicted octanol–water partition coefficient (Wildman–Crippen LogP) is 4.51. The first-order valence-electron chi connectivity index (χ1n) is 8.76. The van der Waals surface area contributed by atoms with Gasteiger partial charge in [-0.05, 0) is 60.2 Å². The lowest BCUT2D eigenvalue weighted by atomic mass is 10.1. The number of esters is 2. The largest absolute Gasteiger partial charge is 0.493 e. The highest BCUT2D eigenvalue weighted by Crippen LogP contribution is 2.30. The molecular weight excluding hydrogens is 410 g/mol. The highest BCUT2D eigenvalue weighted by molar-refractivity contribution is 6.30. The van der Waals surface area contributed by atoms with Crippen molar-refractivity contribution in [3.8, 4) is 11.5 Å². The summed E-state index contributed by atoms with van der Waals surface area (Å²) in [6.45, 7) is 0. The van der Waals surface area contributed by atoms with E-state index in [9.17, 15) is 9.59 Å². The molecule has 0 saturated heterocycles. The molecule has 4 rings (SSSR count). The van der Waals surface area contributed by atoms with E-state index in [1.54, 1.807) is 54.6 Å². The van der Waals surface area contributed by atoms with Crippen LogP contribution in [0.15, 0.2) is 76.0 Å². The molecule has 0 aliphatic carbocycles. The van der Waals surface area contributed by atoms with Crippen LogP contribution >= 0.6 is 11.6 Å². The van der Waals surface area contributed by atoms with E-state index in [4.69, 9.17) is 30.2 Å². The topological polar surface area (TPSA) is 87.3 Å². The normalized spacial score (nSPS) is 14.4. The molecule has 1 aliphatic heterocycles. The Hall–Kier alpha value is -3.84. The number of cyclic esters (lactones) is 1. The maximum absolute atomic E-state index is 12.3. The van der Waals surface area contributed by atoms with Gasteiger partial charge in [0.15, 0.2) is 23.0 Å². The monoisotopic (exact) mass is 423 g/mol. The number of hydrogen-bond acceptors (Lipinski definition) is 7. The molecule has 1 aromatic heterocycles. The van der Waals surface area contributed by atoms with Gasteiger partial charge in [0.2, 0.25) is 0 Å². The standard InChI is InChI=1S/C22H14ClNO6/c1-27-19-12-13(11-16-22(26)30-20(24-16)18-3-2-10-28-18)4-9-17(19)29-21(25)14-5-7-15(23)8-6-14/h2-12H,1H3/b16-11+. The number of rotatable bonds is 5. The summed E-state index contributed by atoms with van der Waals surface area (Å²) >= 11 is 5.83. The van der Waals surface area contributed by atoms with Gasteiger partial charge >= 0.3 is 11.9 Å². The van der Waals surface area contributed by atoms with Gasteiger partial charge in [-0.1, -0.05) is 17.7 Å². The van der Waals surface area contributed by atoms with Crippen LogP contribution in [0.25, 0.3) is 6.08 Å². The van der Waals surface area contributed by atoms with Crippen molar-refractivity contribution in [1.29, 1.82) is 0 Å². The van der Waals surface area contributed by atoms with Crippen LogP contribution in [0.5, 0.6) is 11.5 Å². The van der Waals surface area contributed by atoms with E-state index < -0.39 is 11.9 Å². The number of carbonyl (C=O) groups is 2. The molecule has 0 bridgehead atoms. The first-order chi connectivity index (χ1) is 14.5. The Balaban J connectivity index is 1.56. The summed E-state index contributed by atoms with van der Waals surface area (Å²) in [6, 6.07) is 14.5. The molecule has 8 heteroatoms. The Labute approximate surface area is 176 Å². The number of methoxy groups -OCH3 is 1. The van der Waals surface area contributed by atoms with E-state index >= 15 is 0 Å². The fourth-order valence-corrected chi connectivity index (χ4v) is 2.80. The molecule has 0 spiro atoms. The smallest absolute Gasteiger partial charge is 0.363 e. The van der Waals surface area contributed by atoms with Crippen molar-refractivity contribution >= 4 is 35.5 Å². The first-order valence-corrected chi connectivity index (χ1v) is 9.13. The van der Waals surface area contributed by atoms with Gasteiger partial charge < -0.3 is 18.6 Å². The van der Waals surface area contributed by atoms with Crippen LogP contribution in [0.4, 0.5) is 0 Å². The van der Waals surface area contributed by atoms with Crippen molar-refractivity contribution in [2.24, 2.45) is 4.99 Å². The molecule has 0 saturated carbocycles. The van der Waals surface area contributed by atoms with Crippen LogP contribution in [-0.4, -0.2) is 24.9 Å². The third kappa shape index (κ3) is 4.11. The SMILES string of the molecule is COc1cc(/C=C2/N=C(c3ccco3)OC2=O)ccc1OC(=O)c1ccc(Cl)cc1.